The van der Waals surface area contributed by atoms with Crippen molar-refractivity contribution in [1.29, 1.82) is 0 Å². The Bertz CT molecular complexity index is 1310. The van der Waals surface area contributed by atoms with E-state index in [0.29, 0.717) is 24.5 Å². The zero-order valence-electron chi connectivity index (χ0n) is 19.4. The minimum atomic E-state index is -0.671. The average Bonchev–Trinajstić information content (AvgIpc) is 3.64. The van der Waals surface area contributed by atoms with Gasteiger partial charge in [-0.3, -0.25) is 9.59 Å². The summed E-state index contributed by atoms with van der Waals surface area (Å²) in [5.41, 5.74) is 7.82. The van der Waals surface area contributed by atoms with E-state index in [1.165, 1.54) is 0 Å². The number of anilines is 1. The van der Waals surface area contributed by atoms with Crippen molar-refractivity contribution >= 4 is 17.6 Å². The van der Waals surface area contributed by atoms with Gasteiger partial charge in [0.05, 0.1) is 17.9 Å². The van der Waals surface area contributed by atoms with Gasteiger partial charge < -0.3 is 20.4 Å². The first kappa shape index (κ1) is 22.6. The fourth-order valence-electron chi connectivity index (χ4n) is 4.51. The zero-order chi connectivity index (χ0) is 24.4. The lowest BCUT2D eigenvalue weighted by Crippen LogP contribution is -2.43. The van der Waals surface area contributed by atoms with Crippen molar-refractivity contribution in [2.24, 2.45) is 5.73 Å². The van der Waals surface area contributed by atoms with Crippen molar-refractivity contribution in [3.05, 3.63) is 102 Å². The summed E-state index contributed by atoms with van der Waals surface area (Å²) in [7, 11) is 0. The number of benzene rings is 2. The van der Waals surface area contributed by atoms with Crippen LogP contribution < -0.4 is 11.1 Å². The third-order valence-electron chi connectivity index (χ3n) is 6.32. The maximum absolute atomic E-state index is 13.5. The number of nitrogens with zero attached hydrogens (tertiary/aromatic N) is 3. The number of nitrogens with two attached hydrogens (primary N) is 1. The molecule has 3 N–H and O–H groups in total. The summed E-state index contributed by atoms with van der Waals surface area (Å²) < 4.78 is 7.37. The van der Waals surface area contributed by atoms with Crippen molar-refractivity contribution < 1.29 is 14.0 Å². The molecule has 0 aliphatic carbocycles. The molecule has 0 spiro atoms. The molecule has 5 rings (SSSR count). The SMILES string of the molecule is C[C@H](N)c1ccc(C(=O)N2C[C@@H](c3ccccc3)C[C@H]2C(=O)Nc2ccnn2-c2ccccc2)o1. The molecule has 1 fully saturated rings. The van der Waals surface area contributed by atoms with Gasteiger partial charge in [0.15, 0.2) is 5.76 Å². The summed E-state index contributed by atoms with van der Waals surface area (Å²) in [4.78, 5) is 28.6. The van der Waals surface area contributed by atoms with Crippen molar-refractivity contribution in [3.8, 4) is 5.69 Å². The van der Waals surface area contributed by atoms with Gasteiger partial charge in [0, 0.05) is 18.5 Å². The van der Waals surface area contributed by atoms with Crippen molar-refractivity contribution in [2.75, 3.05) is 11.9 Å². The minimum Gasteiger partial charge on any atom is -0.454 e. The minimum absolute atomic E-state index is 0.0257. The molecule has 1 aliphatic rings. The molecule has 3 atom stereocenters. The summed E-state index contributed by atoms with van der Waals surface area (Å²) in [5, 5.41) is 7.32. The number of hydrogen-bond acceptors (Lipinski definition) is 5. The second kappa shape index (κ2) is 9.60. The molecular formula is C27H27N5O3. The van der Waals surface area contributed by atoms with E-state index in [2.05, 4.69) is 10.4 Å². The quantitative estimate of drug-likeness (QED) is 0.442. The van der Waals surface area contributed by atoms with E-state index < -0.39 is 6.04 Å². The first-order valence-electron chi connectivity index (χ1n) is 11.6. The zero-order valence-corrected chi connectivity index (χ0v) is 19.4. The Kier molecular flexibility index (Phi) is 6.20. The van der Waals surface area contributed by atoms with Crippen molar-refractivity contribution in [1.82, 2.24) is 14.7 Å². The van der Waals surface area contributed by atoms with E-state index in [1.54, 1.807) is 40.9 Å². The van der Waals surface area contributed by atoms with E-state index in [-0.39, 0.29) is 29.5 Å². The lowest BCUT2D eigenvalue weighted by molar-refractivity contribution is -0.119. The van der Waals surface area contributed by atoms with Crippen LogP contribution >= 0.6 is 0 Å². The molecule has 0 radical (unpaired) electrons. The highest BCUT2D eigenvalue weighted by molar-refractivity contribution is 6.00. The largest absolute Gasteiger partial charge is 0.454 e. The van der Waals surface area contributed by atoms with Gasteiger partial charge in [0.1, 0.15) is 17.6 Å². The molecule has 4 aromatic rings. The van der Waals surface area contributed by atoms with Gasteiger partial charge in [0.2, 0.25) is 5.91 Å². The first-order valence-corrected chi connectivity index (χ1v) is 11.6. The summed E-state index contributed by atoms with van der Waals surface area (Å²) in [6.45, 7) is 2.20. The molecule has 2 aromatic heterocycles. The van der Waals surface area contributed by atoms with Crippen LogP contribution in [-0.4, -0.2) is 39.1 Å². The highest BCUT2D eigenvalue weighted by Crippen LogP contribution is 2.34. The number of nitrogens with one attached hydrogen (secondary N) is 1. The Hall–Kier alpha value is -4.17. The molecule has 0 bridgehead atoms. The molecule has 35 heavy (non-hydrogen) atoms. The van der Waals surface area contributed by atoms with E-state index in [1.807, 2.05) is 60.7 Å². The summed E-state index contributed by atoms with van der Waals surface area (Å²) in [6, 6.07) is 23.6. The molecule has 0 saturated carbocycles. The van der Waals surface area contributed by atoms with Crippen LogP contribution in [0.5, 0.6) is 0 Å². The van der Waals surface area contributed by atoms with Gasteiger partial charge in [-0.1, -0.05) is 48.5 Å². The number of likely N-dealkylation sites (tertiary alicyclic amines) is 1. The fraction of sp³-hybridized carbons (Fsp3) is 0.222. The highest BCUT2D eigenvalue weighted by Gasteiger charge is 2.41. The third-order valence-corrected chi connectivity index (χ3v) is 6.32. The van der Waals surface area contributed by atoms with Crippen molar-refractivity contribution in [2.45, 2.75) is 31.3 Å². The number of furan rings is 1. The van der Waals surface area contributed by atoms with Gasteiger partial charge in [-0.15, -0.1) is 0 Å². The second-order valence-corrected chi connectivity index (χ2v) is 8.76. The lowest BCUT2D eigenvalue weighted by atomic mass is 9.96. The number of carbonyl (C=O) groups is 2. The monoisotopic (exact) mass is 469 g/mol. The molecule has 2 aromatic carbocycles. The fourth-order valence-corrected chi connectivity index (χ4v) is 4.51. The van der Waals surface area contributed by atoms with Crippen LogP contribution in [0.2, 0.25) is 0 Å². The van der Waals surface area contributed by atoms with Crippen molar-refractivity contribution in [3.63, 3.8) is 0 Å². The molecule has 1 saturated heterocycles. The topological polar surface area (TPSA) is 106 Å². The van der Waals surface area contributed by atoms with Gasteiger partial charge in [-0.05, 0) is 43.2 Å². The predicted molar refractivity (Wildman–Crippen MR) is 132 cm³/mol. The van der Waals surface area contributed by atoms with E-state index in [0.717, 1.165) is 11.3 Å². The second-order valence-electron chi connectivity index (χ2n) is 8.76. The normalized spacial score (nSPS) is 18.4. The maximum Gasteiger partial charge on any atom is 0.290 e. The first-order chi connectivity index (χ1) is 17.0. The Morgan fingerprint density at radius 3 is 2.43 bits per heavy atom. The van der Waals surface area contributed by atoms with E-state index in [9.17, 15) is 9.59 Å². The molecular weight excluding hydrogens is 442 g/mol. The Morgan fingerprint density at radius 2 is 1.74 bits per heavy atom. The molecule has 178 valence electrons. The van der Waals surface area contributed by atoms with Crippen LogP contribution in [0.4, 0.5) is 5.82 Å². The van der Waals surface area contributed by atoms with E-state index in [4.69, 9.17) is 10.2 Å². The highest BCUT2D eigenvalue weighted by atomic mass is 16.4. The van der Waals surface area contributed by atoms with Crippen LogP contribution in [0.25, 0.3) is 5.69 Å². The van der Waals surface area contributed by atoms with Crippen LogP contribution in [0.3, 0.4) is 0 Å². The molecule has 8 heteroatoms. The Balaban J connectivity index is 1.42. The molecule has 1 aliphatic heterocycles. The maximum atomic E-state index is 13.5. The van der Waals surface area contributed by atoms with Crippen LogP contribution in [0.15, 0.2) is 89.5 Å². The van der Waals surface area contributed by atoms with E-state index >= 15 is 0 Å². The predicted octanol–water partition coefficient (Wildman–Crippen LogP) is 4.12. The summed E-state index contributed by atoms with van der Waals surface area (Å²) in [6.07, 6.45) is 2.13. The van der Waals surface area contributed by atoms with Gasteiger partial charge in [-0.25, -0.2) is 4.68 Å². The van der Waals surface area contributed by atoms with Gasteiger partial charge >= 0.3 is 0 Å². The summed E-state index contributed by atoms with van der Waals surface area (Å²) >= 11 is 0. The van der Waals surface area contributed by atoms with Crippen LogP contribution in [0.1, 0.15) is 47.2 Å². The number of hydrogen-bond donors (Lipinski definition) is 2. The van der Waals surface area contributed by atoms with Crippen LogP contribution in [0, 0.1) is 0 Å². The Morgan fingerprint density at radius 1 is 1.03 bits per heavy atom. The molecule has 2 amide bonds. The van der Waals surface area contributed by atoms with Crippen LogP contribution in [-0.2, 0) is 4.79 Å². The average molecular weight is 470 g/mol. The number of amides is 2. The molecule has 3 heterocycles. The van der Waals surface area contributed by atoms with Gasteiger partial charge in [0.25, 0.3) is 5.91 Å². The lowest BCUT2D eigenvalue weighted by Gasteiger charge is -2.23. The smallest absolute Gasteiger partial charge is 0.290 e. The summed E-state index contributed by atoms with van der Waals surface area (Å²) in [5.74, 6) is 0.672. The molecule has 0 unspecified atom stereocenters. The molecule has 8 nitrogen and oxygen atoms in total. The Labute approximate surface area is 203 Å². The number of para-hydroxylation sites is 1. The third kappa shape index (κ3) is 4.61. The van der Waals surface area contributed by atoms with Gasteiger partial charge in [-0.2, -0.15) is 5.10 Å². The number of aromatic nitrogens is 2. The standard InChI is InChI=1S/C27H27N5O3/c1-18(28)23-12-13-24(35-23)27(34)31-17-20(19-8-4-2-5-9-19)16-22(31)26(33)30-25-14-15-29-32(25)21-10-6-3-7-11-21/h2-15,18,20,22H,16-17,28H2,1H3,(H,30,33)/t18-,20-,22-/m0/s1. The number of carbonyl (C=O) groups excluding carboxylic acids is 2. The number of rotatable bonds is 6.